The summed E-state index contributed by atoms with van der Waals surface area (Å²) in [6.07, 6.45) is 10.1. The molecule has 0 fully saturated rings. The van der Waals surface area contributed by atoms with Gasteiger partial charge >= 0.3 is 0 Å². The van der Waals surface area contributed by atoms with E-state index in [0.29, 0.717) is 6.04 Å². The Bertz CT molecular complexity index is 485. The van der Waals surface area contributed by atoms with E-state index >= 15 is 0 Å². The van der Waals surface area contributed by atoms with E-state index in [1.807, 2.05) is 35.9 Å². The maximum absolute atomic E-state index is 4.24. The molecule has 1 atom stereocenters. The number of nitrogens with one attached hydrogen (secondary N) is 1. The highest BCUT2D eigenvalue weighted by Gasteiger charge is 2.12. The fourth-order valence-corrected chi connectivity index (χ4v) is 2.17. The molecule has 1 N–H and O–H groups in total. The molecule has 0 spiro atoms. The number of rotatable bonds is 6. The normalized spacial score (nSPS) is 12.8. The number of nitrogens with zero attached hydrogens (tertiary/aromatic N) is 4. The molecule has 0 saturated carbocycles. The predicted molar refractivity (Wildman–Crippen MR) is 71.2 cm³/mol. The molecule has 0 saturated heterocycles. The van der Waals surface area contributed by atoms with Crippen LogP contribution in [0.1, 0.15) is 30.5 Å². The van der Waals surface area contributed by atoms with Gasteiger partial charge in [-0.3, -0.25) is 9.36 Å². The molecule has 5 nitrogen and oxygen atoms in total. The van der Waals surface area contributed by atoms with Gasteiger partial charge < -0.3 is 5.32 Å². The van der Waals surface area contributed by atoms with Crippen LogP contribution in [0.5, 0.6) is 0 Å². The van der Waals surface area contributed by atoms with Crippen molar-refractivity contribution in [3.8, 4) is 0 Å². The lowest BCUT2D eigenvalue weighted by molar-refractivity contribution is 0.515. The van der Waals surface area contributed by atoms with E-state index in [1.54, 1.807) is 0 Å². The summed E-state index contributed by atoms with van der Waals surface area (Å²) in [5.41, 5.74) is 2.53. The van der Waals surface area contributed by atoms with E-state index in [-0.39, 0.29) is 0 Å². The lowest BCUT2D eigenvalue weighted by Crippen LogP contribution is -2.21. The van der Waals surface area contributed by atoms with E-state index in [4.69, 9.17) is 0 Å². The molecular formula is C13H21N5. The fraction of sp³-hybridized carbons (Fsp3) is 0.538. The van der Waals surface area contributed by atoms with Crippen LogP contribution >= 0.6 is 0 Å². The van der Waals surface area contributed by atoms with Gasteiger partial charge in [0.05, 0.1) is 12.4 Å². The smallest absolute Gasteiger partial charge is 0.0537 e. The first-order valence-electron chi connectivity index (χ1n) is 6.38. The summed E-state index contributed by atoms with van der Waals surface area (Å²) in [6.45, 7) is 3.10. The summed E-state index contributed by atoms with van der Waals surface area (Å²) >= 11 is 0. The van der Waals surface area contributed by atoms with Gasteiger partial charge in [0.2, 0.25) is 0 Å². The Labute approximate surface area is 108 Å². The van der Waals surface area contributed by atoms with Crippen LogP contribution in [0.3, 0.4) is 0 Å². The molecule has 0 aliphatic rings. The molecule has 2 aromatic heterocycles. The summed E-state index contributed by atoms with van der Waals surface area (Å²) in [5, 5.41) is 11.9. The van der Waals surface area contributed by atoms with Crippen molar-refractivity contribution in [1.82, 2.24) is 24.9 Å². The summed E-state index contributed by atoms with van der Waals surface area (Å²) < 4.78 is 3.70. The maximum atomic E-state index is 4.24. The quantitative estimate of drug-likeness (QED) is 0.840. The largest absolute Gasteiger partial charge is 0.310 e. The first-order valence-corrected chi connectivity index (χ1v) is 6.38. The minimum absolute atomic E-state index is 0.365. The number of hydrogen-bond acceptors (Lipinski definition) is 3. The zero-order chi connectivity index (χ0) is 13.0. The van der Waals surface area contributed by atoms with Crippen molar-refractivity contribution >= 4 is 0 Å². The fourth-order valence-electron chi connectivity index (χ4n) is 2.17. The molecule has 0 radical (unpaired) electrons. The van der Waals surface area contributed by atoms with Crippen LogP contribution in [-0.4, -0.2) is 26.1 Å². The van der Waals surface area contributed by atoms with Gasteiger partial charge in [0.1, 0.15) is 0 Å². The van der Waals surface area contributed by atoms with Crippen molar-refractivity contribution in [3.05, 3.63) is 35.9 Å². The zero-order valence-corrected chi connectivity index (χ0v) is 11.3. The number of aromatic nitrogens is 4. The van der Waals surface area contributed by atoms with Gasteiger partial charge in [0.15, 0.2) is 0 Å². The van der Waals surface area contributed by atoms with Gasteiger partial charge in [0.25, 0.3) is 0 Å². The van der Waals surface area contributed by atoms with Crippen molar-refractivity contribution in [3.63, 3.8) is 0 Å². The first kappa shape index (κ1) is 12.8. The molecule has 5 heteroatoms. The second-order valence-corrected chi connectivity index (χ2v) is 4.62. The third-order valence-corrected chi connectivity index (χ3v) is 3.06. The average Bonchev–Trinajstić information content (AvgIpc) is 2.94. The molecule has 0 aliphatic heterocycles. The van der Waals surface area contributed by atoms with E-state index in [0.717, 1.165) is 19.4 Å². The monoisotopic (exact) mass is 247 g/mol. The summed E-state index contributed by atoms with van der Waals surface area (Å²) in [6, 6.07) is 0.365. The molecule has 0 bridgehead atoms. The van der Waals surface area contributed by atoms with Crippen LogP contribution in [0.4, 0.5) is 0 Å². The Balaban J connectivity index is 1.98. The number of hydrogen-bond donors (Lipinski definition) is 1. The van der Waals surface area contributed by atoms with Crippen LogP contribution in [0.25, 0.3) is 0 Å². The Hall–Kier alpha value is -1.62. The van der Waals surface area contributed by atoms with E-state index in [1.165, 1.54) is 11.1 Å². The SMILES string of the molecule is CCNC(CCc1cnn(C)c1)c1cnn(C)c1. The van der Waals surface area contributed by atoms with Crippen molar-refractivity contribution in [2.75, 3.05) is 6.54 Å². The predicted octanol–water partition coefficient (Wildman–Crippen LogP) is 1.44. The summed E-state index contributed by atoms with van der Waals surface area (Å²) in [7, 11) is 3.90. The minimum atomic E-state index is 0.365. The van der Waals surface area contributed by atoms with Gasteiger partial charge in [0, 0.05) is 38.1 Å². The van der Waals surface area contributed by atoms with E-state index < -0.39 is 0 Å². The van der Waals surface area contributed by atoms with Gasteiger partial charge in [-0.2, -0.15) is 10.2 Å². The summed E-state index contributed by atoms with van der Waals surface area (Å²) in [5.74, 6) is 0. The van der Waals surface area contributed by atoms with Gasteiger partial charge in [-0.25, -0.2) is 0 Å². The molecule has 0 aliphatic carbocycles. The topological polar surface area (TPSA) is 47.7 Å². The number of aryl methyl sites for hydroxylation is 3. The minimum Gasteiger partial charge on any atom is -0.310 e. The van der Waals surface area contributed by atoms with Gasteiger partial charge in [-0.1, -0.05) is 6.92 Å². The van der Waals surface area contributed by atoms with Crippen molar-refractivity contribution in [2.45, 2.75) is 25.8 Å². The van der Waals surface area contributed by atoms with Gasteiger partial charge in [-0.05, 0) is 24.9 Å². The van der Waals surface area contributed by atoms with Crippen LogP contribution in [0, 0.1) is 0 Å². The average molecular weight is 247 g/mol. The molecule has 2 aromatic rings. The second kappa shape index (κ2) is 5.82. The van der Waals surface area contributed by atoms with Crippen LogP contribution < -0.4 is 5.32 Å². The Morgan fingerprint density at radius 1 is 1.17 bits per heavy atom. The van der Waals surface area contributed by atoms with Crippen molar-refractivity contribution in [2.24, 2.45) is 14.1 Å². The van der Waals surface area contributed by atoms with Crippen LogP contribution in [0.15, 0.2) is 24.8 Å². The molecule has 0 amide bonds. The molecule has 98 valence electrons. The van der Waals surface area contributed by atoms with Crippen molar-refractivity contribution < 1.29 is 0 Å². The summed E-state index contributed by atoms with van der Waals surface area (Å²) in [4.78, 5) is 0. The molecular weight excluding hydrogens is 226 g/mol. The Morgan fingerprint density at radius 2 is 1.89 bits per heavy atom. The molecule has 2 heterocycles. The van der Waals surface area contributed by atoms with Crippen LogP contribution in [0.2, 0.25) is 0 Å². The molecule has 18 heavy (non-hydrogen) atoms. The second-order valence-electron chi connectivity index (χ2n) is 4.62. The highest BCUT2D eigenvalue weighted by Crippen LogP contribution is 2.18. The van der Waals surface area contributed by atoms with Crippen molar-refractivity contribution in [1.29, 1.82) is 0 Å². The Morgan fingerprint density at radius 3 is 2.44 bits per heavy atom. The Kier molecular flexibility index (Phi) is 4.15. The molecule has 1 unspecified atom stereocenters. The molecule has 2 rings (SSSR count). The first-order chi connectivity index (χ1) is 8.69. The molecule has 0 aromatic carbocycles. The maximum Gasteiger partial charge on any atom is 0.0537 e. The van der Waals surface area contributed by atoms with Crippen LogP contribution in [-0.2, 0) is 20.5 Å². The highest BCUT2D eigenvalue weighted by molar-refractivity contribution is 5.12. The standard InChI is InChI=1S/C13H21N5/c1-4-14-13(12-8-16-18(3)10-12)6-5-11-7-15-17(2)9-11/h7-10,13-14H,4-6H2,1-3H3. The lowest BCUT2D eigenvalue weighted by Gasteiger charge is -2.15. The zero-order valence-electron chi connectivity index (χ0n) is 11.3. The van der Waals surface area contributed by atoms with E-state index in [9.17, 15) is 0 Å². The highest BCUT2D eigenvalue weighted by atomic mass is 15.2. The third kappa shape index (κ3) is 3.20. The van der Waals surface area contributed by atoms with E-state index in [2.05, 4.69) is 34.8 Å². The lowest BCUT2D eigenvalue weighted by atomic mass is 10.0. The van der Waals surface area contributed by atoms with Gasteiger partial charge in [-0.15, -0.1) is 0 Å². The third-order valence-electron chi connectivity index (χ3n) is 3.06.